The van der Waals surface area contributed by atoms with Crippen LogP contribution in [0.2, 0.25) is 0 Å². The summed E-state index contributed by atoms with van der Waals surface area (Å²) in [6, 6.07) is 47.6. The van der Waals surface area contributed by atoms with E-state index in [4.69, 9.17) is 14.4 Å². The van der Waals surface area contributed by atoms with Crippen LogP contribution in [0.15, 0.2) is 144 Å². The van der Waals surface area contributed by atoms with E-state index >= 15 is 0 Å². The minimum absolute atomic E-state index is 0.668. The van der Waals surface area contributed by atoms with Gasteiger partial charge >= 0.3 is 0 Å². The van der Waals surface area contributed by atoms with Gasteiger partial charge < -0.3 is 8.98 Å². The van der Waals surface area contributed by atoms with Crippen LogP contribution >= 0.6 is 7.14 Å². The molecule has 0 amide bonds. The third-order valence-corrected chi connectivity index (χ3v) is 9.95. The van der Waals surface area contributed by atoms with E-state index < -0.39 is 7.14 Å². The average Bonchev–Trinajstić information content (AvgIpc) is 3.46. The second-order valence-electron chi connectivity index (χ2n) is 11.7. The second-order valence-corrected chi connectivity index (χ2v) is 14.9. The van der Waals surface area contributed by atoms with Crippen molar-refractivity contribution < 1.29 is 8.98 Å². The summed E-state index contributed by atoms with van der Waals surface area (Å²) in [6.45, 7) is 3.64. The fourth-order valence-corrected chi connectivity index (χ4v) is 7.02. The first-order chi connectivity index (χ1) is 21.9. The van der Waals surface area contributed by atoms with Crippen LogP contribution in [0.4, 0.5) is 0 Å². The summed E-state index contributed by atoms with van der Waals surface area (Å²) in [4.78, 5) is 9.98. The van der Waals surface area contributed by atoms with Gasteiger partial charge in [-0.1, -0.05) is 121 Å². The number of hydrogen-bond acceptors (Lipinski definition) is 4. The molecule has 8 rings (SSSR count). The maximum atomic E-state index is 12.8. The van der Waals surface area contributed by atoms with Gasteiger partial charge in [-0.2, -0.15) is 0 Å². The molecule has 0 fully saturated rings. The third-order valence-electron chi connectivity index (χ3n) is 8.42. The molecule has 8 aromatic rings. The van der Waals surface area contributed by atoms with Gasteiger partial charge in [-0.25, -0.2) is 9.97 Å². The average molecular weight is 601 g/mol. The number of rotatable bonds is 5. The van der Waals surface area contributed by atoms with Crippen molar-refractivity contribution in [2.24, 2.45) is 0 Å². The fourth-order valence-electron chi connectivity index (χ4n) is 6.12. The van der Waals surface area contributed by atoms with Gasteiger partial charge in [0, 0.05) is 21.8 Å². The van der Waals surface area contributed by atoms with Crippen molar-refractivity contribution >= 4 is 45.3 Å². The molecule has 0 saturated carbocycles. The number of furan rings is 1. The molecule has 0 unspecified atom stereocenters. The summed E-state index contributed by atoms with van der Waals surface area (Å²) in [5, 5.41) is 4.19. The number of nitrogens with zero attached hydrogens (tertiary/aromatic N) is 2. The Morgan fingerprint density at radius 1 is 0.533 bits per heavy atom. The Labute approximate surface area is 261 Å². The number of benzene rings is 6. The summed E-state index contributed by atoms with van der Waals surface area (Å²) >= 11 is 0. The largest absolute Gasteiger partial charge is 0.452 e. The van der Waals surface area contributed by atoms with Crippen LogP contribution in [0.3, 0.4) is 0 Å². The number of aromatic nitrogens is 2. The normalized spacial score (nSPS) is 11.9. The smallest absolute Gasteiger partial charge is 0.180 e. The van der Waals surface area contributed by atoms with Gasteiger partial charge in [-0.3, -0.25) is 0 Å². The van der Waals surface area contributed by atoms with E-state index in [0.29, 0.717) is 11.4 Å². The molecule has 0 saturated heterocycles. The standard InChI is InChI=1S/C40H29N2O2P/c1-45(2,43)30-14-10-13-29(25-30)32-24-23-31(33-15-6-7-16-34(32)33)26-19-21-27(22-20-26)37-39-38(35-17-8-9-18-36(35)44-39)42-40(41-37)28-11-4-3-5-12-28/h3-25H,1-2H3. The first-order valence-corrected chi connectivity index (χ1v) is 17.6. The quantitative estimate of drug-likeness (QED) is 0.184. The van der Waals surface area contributed by atoms with Crippen molar-refractivity contribution in [3.8, 4) is 44.9 Å². The van der Waals surface area contributed by atoms with Gasteiger partial charge in [-0.05, 0) is 64.6 Å². The molecule has 0 aliphatic heterocycles. The van der Waals surface area contributed by atoms with Gasteiger partial charge in [0.1, 0.15) is 23.9 Å². The van der Waals surface area contributed by atoms with E-state index in [2.05, 4.69) is 72.8 Å². The predicted molar refractivity (Wildman–Crippen MR) is 188 cm³/mol. The summed E-state index contributed by atoms with van der Waals surface area (Å²) < 4.78 is 19.2. The minimum atomic E-state index is -2.37. The summed E-state index contributed by atoms with van der Waals surface area (Å²) in [6.07, 6.45) is 0. The van der Waals surface area contributed by atoms with E-state index in [9.17, 15) is 4.57 Å². The van der Waals surface area contributed by atoms with E-state index in [1.165, 1.54) is 0 Å². The molecule has 5 heteroatoms. The Balaban J connectivity index is 1.25. The maximum Gasteiger partial charge on any atom is 0.180 e. The lowest BCUT2D eigenvalue weighted by Crippen LogP contribution is -2.02. The van der Waals surface area contributed by atoms with Crippen LogP contribution < -0.4 is 5.30 Å². The molecular formula is C40H29N2O2P. The number of fused-ring (bicyclic) bond motifs is 4. The summed E-state index contributed by atoms with van der Waals surface area (Å²) in [7, 11) is -2.37. The topological polar surface area (TPSA) is 56.0 Å². The molecule has 0 bridgehead atoms. The zero-order valence-corrected chi connectivity index (χ0v) is 25.8. The summed E-state index contributed by atoms with van der Waals surface area (Å²) in [5.41, 5.74) is 9.44. The lowest BCUT2D eigenvalue weighted by molar-refractivity contribution is 0.588. The van der Waals surface area contributed by atoms with Gasteiger partial charge in [0.25, 0.3) is 0 Å². The Hall–Kier alpha value is -5.31. The van der Waals surface area contributed by atoms with Crippen molar-refractivity contribution in [1.29, 1.82) is 0 Å². The minimum Gasteiger partial charge on any atom is -0.452 e. The first kappa shape index (κ1) is 27.3. The van der Waals surface area contributed by atoms with Crippen LogP contribution in [-0.2, 0) is 4.57 Å². The van der Waals surface area contributed by atoms with Crippen LogP contribution in [0.5, 0.6) is 0 Å². The van der Waals surface area contributed by atoms with Crippen LogP contribution in [0.25, 0.3) is 77.7 Å². The second kappa shape index (κ2) is 10.7. The Morgan fingerprint density at radius 3 is 1.84 bits per heavy atom. The van der Waals surface area contributed by atoms with E-state index in [-0.39, 0.29) is 0 Å². The first-order valence-electron chi connectivity index (χ1n) is 15.0. The van der Waals surface area contributed by atoms with Crippen molar-refractivity contribution in [3.63, 3.8) is 0 Å². The molecule has 6 aromatic carbocycles. The molecule has 216 valence electrons. The zero-order valence-electron chi connectivity index (χ0n) is 24.9. The molecule has 0 N–H and O–H groups in total. The molecule has 2 aromatic heterocycles. The molecule has 45 heavy (non-hydrogen) atoms. The Bertz CT molecular complexity index is 2420. The lowest BCUT2D eigenvalue weighted by atomic mass is 9.91. The molecular weight excluding hydrogens is 571 g/mol. The molecule has 2 heterocycles. The lowest BCUT2D eigenvalue weighted by Gasteiger charge is -2.14. The van der Waals surface area contributed by atoms with Crippen LogP contribution in [0.1, 0.15) is 0 Å². The Kier molecular flexibility index (Phi) is 6.48. The highest BCUT2D eigenvalue weighted by atomic mass is 31.2. The monoisotopic (exact) mass is 600 g/mol. The van der Waals surface area contributed by atoms with Gasteiger partial charge in [-0.15, -0.1) is 0 Å². The molecule has 0 atom stereocenters. The highest BCUT2D eigenvalue weighted by Crippen LogP contribution is 2.40. The Morgan fingerprint density at radius 2 is 1.13 bits per heavy atom. The molecule has 0 aliphatic rings. The maximum absolute atomic E-state index is 12.8. The van der Waals surface area contributed by atoms with Crippen molar-refractivity contribution in [3.05, 3.63) is 140 Å². The van der Waals surface area contributed by atoms with Gasteiger partial charge in [0.05, 0.1) is 0 Å². The fraction of sp³-hybridized carbons (Fsp3) is 0.0500. The molecule has 0 radical (unpaired) electrons. The van der Waals surface area contributed by atoms with E-state index in [0.717, 1.165) is 71.6 Å². The predicted octanol–water partition coefficient (Wildman–Crippen LogP) is 10.4. The highest BCUT2D eigenvalue weighted by Gasteiger charge is 2.19. The molecule has 0 spiro atoms. The highest BCUT2D eigenvalue weighted by molar-refractivity contribution is 7.70. The molecule has 0 aliphatic carbocycles. The van der Waals surface area contributed by atoms with E-state index in [1.54, 1.807) is 0 Å². The van der Waals surface area contributed by atoms with Gasteiger partial charge in [0.15, 0.2) is 11.4 Å². The van der Waals surface area contributed by atoms with Crippen molar-refractivity contribution in [2.75, 3.05) is 13.3 Å². The SMILES string of the molecule is CP(C)(=O)c1cccc(-c2ccc(-c3ccc(-c4nc(-c5ccccc5)nc5c4oc4ccccc45)cc3)c3ccccc23)c1. The molecule has 4 nitrogen and oxygen atoms in total. The van der Waals surface area contributed by atoms with Gasteiger partial charge in [0.2, 0.25) is 0 Å². The van der Waals surface area contributed by atoms with E-state index in [1.807, 2.05) is 80.1 Å². The van der Waals surface area contributed by atoms with Crippen LogP contribution in [0, 0.1) is 0 Å². The van der Waals surface area contributed by atoms with Crippen molar-refractivity contribution in [1.82, 2.24) is 9.97 Å². The van der Waals surface area contributed by atoms with Crippen LogP contribution in [-0.4, -0.2) is 23.3 Å². The van der Waals surface area contributed by atoms with Crippen molar-refractivity contribution in [2.45, 2.75) is 0 Å². The number of para-hydroxylation sites is 1. The number of hydrogen-bond donors (Lipinski definition) is 0. The zero-order chi connectivity index (χ0) is 30.5. The third kappa shape index (κ3) is 4.84. The summed E-state index contributed by atoms with van der Waals surface area (Å²) in [5.74, 6) is 0.668.